The molecule has 19 heavy (non-hydrogen) atoms. The van der Waals surface area contributed by atoms with Crippen LogP contribution in [0.2, 0.25) is 0 Å². The monoisotopic (exact) mass is 266 g/mol. The Balaban J connectivity index is 2.24. The zero-order chi connectivity index (χ0) is 14.3. The molecule has 1 aromatic carbocycles. The molecule has 0 heterocycles. The largest absolute Gasteiger partial charge is 0.494 e. The Kier molecular flexibility index (Phi) is 5.83. The number of hydrogen-bond acceptors (Lipinski definition) is 3. The predicted molar refractivity (Wildman–Crippen MR) is 73.8 cm³/mol. The third-order valence-electron chi connectivity index (χ3n) is 3.00. The zero-order valence-electron chi connectivity index (χ0n) is 11.8. The second kappa shape index (κ2) is 7.14. The molecule has 4 heteroatoms. The molecule has 0 saturated heterocycles. The molecule has 0 bridgehead atoms. The van der Waals surface area contributed by atoms with E-state index in [0.29, 0.717) is 19.0 Å². The lowest BCUT2D eigenvalue weighted by molar-refractivity contribution is -0.0241. The standard InChI is InChI=1S/C15H22O4/c1-4-15(2,3)19-11-5-10-18-13-8-6-12(7-9-13)14(16)17/h6-9H,4-5,10-11H2,1-3H3,(H,16,17). The molecule has 0 radical (unpaired) electrons. The van der Waals surface area contributed by atoms with Gasteiger partial charge in [0.2, 0.25) is 0 Å². The Morgan fingerprint density at radius 1 is 1.21 bits per heavy atom. The third-order valence-corrected chi connectivity index (χ3v) is 3.00. The third kappa shape index (κ3) is 5.75. The van der Waals surface area contributed by atoms with Crippen molar-refractivity contribution < 1.29 is 19.4 Å². The first-order chi connectivity index (χ1) is 8.94. The fourth-order valence-corrected chi connectivity index (χ4v) is 1.39. The van der Waals surface area contributed by atoms with Crippen LogP contribution in [-0.4, -0.2) is 29.9 Å². The maximum absolute atomic E-state index is 10.7. The Hall–Kier alpha value is -1.55. The molecule has 0 fully saturated rings. The van der Waals surface area contributed by atoms with E-state index in [1.54, 1.807) is 12.1 Å². The maximum Gasteiger partial charge on any atom is 0.335 e. The van der Waals surface area contributed by atoms with Crippen LogP contribution in [-0.2, 0) is 4.74 Å². The minimum Gasteiger partial charge on any atom is -0.494 e. The summed E-state index contributed by atoms with van der Waals surface area (Å²) in [5, 5.41) is 8.76. The smallest absolute Gasteiger partial charge is 0.335 e. The van der Waals surface area contributed by atoms with Gasteiger partial charge in [-0.3, -0.25) is 0 Å². The number of carbonyl (C=O) groups is 1. The van der Waals surface area contributed by atoms with E-state index in [4.69, 9.17) is 14.6 Å². The highest BCUT2D eigenvalue weighted by Gasteiger charge is 2.14. The molecule has 1 rings (SSSR count). The number of rotatable bonds is 8. The summed E-state index contributed by atoms with van der Waals surface area (Å²) in [6.45, 7) is 7.46. The van der Waals surface area contributed by atoms with E-state index in [9.17, 15) is 4.79 Å². The van der Waals surface area contributed by atoms with Crippen LogP contribution in [0.4, 0.5) is 0 Å². The first-order valence-corrected chi connectivity index (χ1v) is 6.55. The SMILES string of the molecule is CCC(C)(C)OCCCOc1ccc(C(=O)O)cc1. The van der Waals surface area contributed by atoms with Crippen LogP contribution in [0.5, 0.6) is 5.75 Å². The number of ether oxygens (including phenoxy) is 2. The van der Waals surface area contributed by atoms with Crippen molar-refractivity contribution in [3.63, 3.8) is 0 Å². The minimum atomic E-state index is -0.929. The lowest BCUT2D eigenvalue weighted by Gasteiger charge is -2.23. The molecule has 1 N–H and O–H groups in total. The van der Waals surface area contributed by atoms with Crippen LogP contribution >= 0.6 is 0 Å². The zero-order valence-corrected chi connectivity index (χ0v) is 11.8. The van der Waals surface area contributed by atoms with Crippen molar-refractivity contribution in [1.82, 2.24) is 0 Å². The first kappa shape index (κ1) is 15.5. The summed E-state index contributed by atoms with van der Waals surface area (Å²) in [6.07, 6.45) is 1.79. The number of hydrogen-bond donors (Lipinski definition) is 1. The fraction of sp³-hybridized carbons (Fsp3) is 0.533. The highest BCUT2D eigenvalue weighted by molar-refractivity contribution is 5.87. The summed E-state index contributed by atoms with van der Waals surface area (Å²) in [4.78, 5) is 10.7. The van der Waals surface area contributed by atoms with E-state index in [-0.39, 0.29) is 11.2 Å². The van der Waals surface area contributed by atoms with Gasteiger partial charge in [-0.05, 0) is 44.5 Å². The lowest BCUT2D eigenvalue weighted by Crippen LogP contribution is -2.24. The number of aromatic carboxylic acids is 1. The second-order valence-electron chi connectivity index (χ2n) is 4.99. The molecule has 0 amide bonds. The van der Waals surface area contributed by atoms with E-state index in [1.807, 2.05) is 0 Å². The predicted octanol–water partition coefficient (Wildman–Crippen LogP) is 3.36. The maximum atomic E-state index is 10.7. The van der Waals surface area contributed by atoms with Crippen molar-refractivity contribution in [3.8, 4) is 5.75 Å². The molecular weight excluding hydrogens is 244 g/mol. The molecule has 0 aliphatic carbocycles. The van der Waals surface area contributed by atoms with Gasteiger partial charge in [-0.2, -0.15) is 0 Å². The van der Waals surface area contributed by atoms with E-state index >= 15 is 0 Å². The number of carboxylic acid groups (broad SMARTS) is 1. The molecule has 0 spiro atoms. The average Bonchev–Trinajstić information content (AvgIpc) is 2.39. The van der Waals surface area contributed by atoms with Crippen molar-refractivity contribution >= 4 is 5.97 Å². The Labute approximate surface area is 114 Å². The van der Waals surface area contributed by atoms with Gasteiger partial charge in [0.05, 0.1) is 24.4 Å². The van der Waals surface area contributed by atoms with Crippen LogP contribution < -0.4 is 4.74 Å². The molecular formula is C15H22O4. The van der Waals surface area contributed by atoms with Crippen molar-refractivity contribution in [2.24, 2.45) is 0 Å². The fourth-order valence-electron chi connectivity index (χ4n) is 1.39. The van der Waals surface area contributed by atoms with Gasteiger partial charge < -0.3 is 14.6 Å². The summed E-state index contributed by atoms with van der Waals surface area (Å²) in [7, 11) is 0. The van der Waals surface area contributed by atoms with Crippen molar-refractivity contribution in [1.29, 1.82) is 0 Å². The van der Waals surface area contributed by atoms with Crippen LogP contribution in [0, 0.1) is 0 Å². The van der Waals surface area contributed by atoms with E-state index in [0.717, 1.165) is 12.8 Å². The average molecular weight is 266 g/mol. The van der Waals surface area contributed by atoms with Gasteiger partial charge >= 0.3 is 5.97 Å². The summed E-state index contributed by atoms with van der Waals surface area (Å²) in [6, 6.07) is 6.41. The molecule has 0 aliphatic heterocycles. The molecule has 0 saturated carbocycles. The Bertz CT molecular complexity index is 395. The Morgan fingerprint density at radius 2 is 1.84 bits per heavy atom. The molecule has 0 aromatic heterocycles. The number of carboxylic acids is 1. The molecule has 4 nitrogen and oxygen atoms in total. The lowest BCUT2D eigenvalue weighted by atomic mass is 10.1. The van der Waals surface area contributed by atoms with Gasteiger partial charge in [-0.25, -0.2) is 4.79 Å². The topological polar surface area (TPSA) is 55.8 Å². The van der Waals surface area contributed by atoms with Gasteiger partial charge in [0.25, 0.3) is 0 Å². The highest BCUT2D eigenvalue weighted by atomic mass is 16.5. The second-order valence-corrected chi connectivity index (χ2v) is 4.99. The van der Waals surface area contributed by atoms with Crippen LogP contribution in [0.1, 0.15) is 44.0 Å². The first-order valence-electron chi connectivity index (χ1n) is 6.55. The normalized spacial score (nSPS) is 11.3. The van der Waals surface area contributed by atoms with Crippen molar-refractivity contribution in [2.45, 2.75) is 39.2 Å². The molecule has 0 unspecified atom stereocenters. The van der Waals surface area contributed by atoms with Gasteiger partial charge in [0.15, 0.2) is 0 Å². The highest BCUT2D eigenvalue weighted by Crippen LogP contribution is 2.15. The summed E-state index contributed by atoms with van der Waals surface area (Å²) < 4.78 is 11.2. The molecule has 0 atom stereocenters. The van der Waals surface area contributed by atoms with E-state index < -0.39 is 5.97 Å². The molecule has 0 aliphatic rings. The van der Waals surface area contributed by atoms with E-state index in [2.05, 4.69) is 20.8 Å². The Morgan fingerprint density at radius 3 is 2.37 bits per heavy atom. The van der Waals surface area contributed by atoms with Crippen LogP contribution in [0.3, 0.4) is 0 Å². The van der Waals surface area contributed by atoms with Gasteiger partial charge in [0.1, 0.15) is 5.75 Å². The van der Waals surface area contributed by atoms with Gasteiger partial charge in [-0.15, -0.1) is 0 Å². The van der Waals surface area contributed by atoms with Crippen molar-refractivity contribution in [2.75, 3.05) is 13.2 Å². The summed E-state index contributed by atoms with van der Waals surface area (Å²) in [5.74, 6) is -0.249. The van der Waals surface area contributed by atoms with Crippen LogP contribution in [0.15, 0.2) is 24.3 Å². The minimum absolute atomic E-state index is 0.0802. The van der Waals surface area contributed by atoms with Gasteiger partial charge in [-0.1, -0.05) is 6.92 Å². The van der Waals surface area contributed by atoms with Crippen molar-refractivity contribution in [3.05, 3.63) is 29.8 Å². The molecule has 1 aromatic rings. The summed E-state index contributed by atoms with van der Waals surface area (Å²) >= 11 is 0. The number of benzene rings is 1. The summed E-state index contributed by atoms with van der Waals surface area (Å²) in [5.41, 5.74) is 0.184. The quantitative estimate of drug-likeness (QED) is 0.733. The van der Waals surface area contributed by atoms with Crippen LogP contribution in [0.25, 0.3) is 0 Å². The van der Waals surface area contributed by atoms with Gasteiger partial charge in [0, 0.05) is 6.42 Å². The molecule has 106 valence electrons. The van der Waals surface area contributed by atoms with E-state index in [1.165, 1.54) is 12.1 Å².